The number of nitrogens with zero attached hydrogens (tertiary/aromatic N) is 4. The van der Waals surface area contributed by atoms with E-state index in [4.69, 9.17) is 0 Å². The van der Waals surface area contributed by atoms with Crippen LogP contribution in [0.15, 0.2) is 36.9 Å². The number of piperidine rings is 1. The Labute approximate surface area is 175 Å². The van der Waals surface area contributed by atoms with Crippen LogP contribution in [0.2, 0.25) is 0 Å². The summed E-state index contributed by atoms with van der Waals surface area (Å²) in [5.41, 5.74) is 0.460. The van der Waals surface area contributed by atoms with Crippen molar-refractivity contribution < 1.29 is 14.5 Å². The number of rotatable bonds is 6. The van der Waals surface area contributed by atoms with Gasteiger partial charge in [0.15, 0.2) is 0 Å². The van der Waals surface area contributed by atoms with E-state index in [-0.39, 0.29) is 35.0 Å². The van der Waals surface area contributed by atoms with Gasteiger partial charge in [0.05, 0.1) is 11.3 Å². The molecule has 1 N–H and O–H groups in total. The zero-order chi connectivity index (χ0) is 21.8. The molecule has 0 spiro atoms. The molecule has 160 valence electrons. The number of benzene rings is 1. The Morgan fingerprint density at radius 1 is 1.23 bits per heavy atom. The standard InChI is InChI=1S/C21H27N5O4/c1-14(2)15(3)23-20(27)16-6-9-24(10-7-16)21(28)17-4-5-18(19(12-17)26(29)30)25-11-8-22-13-25/h4-5,8,11-16H,6-7,9-10H2,1-3H3,(H,23,27). The molecule has 0 bridgehead atoms. The summed E-state index contributed by atoms with van der Waals surface area (Å²) in [4.78, 5) is 41.9. The van der Waals surface area contributed by atoms with E-state index in [0.717, 1.165) is 0 Å². The van der Waals surface area contributed by atoms with Crippen LogP contribution in [0.25, 0.3) is 5.69 Å². The van der Waals surface area contributed by atoms with Gasteiger partial charge < -0.3 is 14.8 Å². The zero-order valence-corrected chi connectivity index (χ0v) is 17.4. The van der Waals surface area contributed by atoms with Crippen LogP contribution in [0, 0.1) is 22.0 Å². The molecule has 30 heavy (non-hydrogen) atoms. The third-order valence-corrected chi connectivity index (χ3v) is 5.72. The molecule has 1 fully saturated rings. The van der Waals surface area contributed by atoms with Crippen molar-refractivity contribution in [1.82, 2.24) is 19.8 Å². The van der Waals surface area contributed by atoms with E-state index in [2.05, 4.69) is 24.1 Å². The average molecular weight is 413 g/mol. The highest BCUT2D eigenvalue weighted by molar-refractivity contribution is 5.95. The summed E-state index contributed by atoms with van der Waals surface area (Å²) in [6.45, 7) is 7.00. The van der Waals surface area contributed by atoms with E-state index in [1.165, 1.54) is 23.2 Å². The van der Waals surface area contributed by atoms with Gasteiger partial charge in [0.1, 0.15) is 5.69 Å². The molecule has 0 aliphatic carbocycles. The Balaban J connectivity index is 1.67. The molecule has 2 heterocycles. The van der Waals surface area contributed by atoms with Crippen LogP contribution in [0.3, 0.4) is 0 Å². The minimum atomic E-state index is -0.501. The number of carbonyl (C=O) groups is 2. The second-order valence-electron chi connectivity index (χ2n) is 8.04. The predicted molar refractivity (Wildman–Crippen MR) is 111 cm³/mol. The lowest BCUT2D eigenvalue weighted by Gasteiger charge is -2.32. The highest BCUT2D eigenvalue weighted by Crippen LogP contribution is 2.26. The van der Waals surface area contributed by atoms with E-state index >= 15 is 0 Å². The molecule has 1 atom stereocenters. The van der Waals surface area contributed by atoms with Crippen molar-refractivity contribution in [3.8, 4) is 5.69 Å². The first-order valence-electron chi connectivity index (χ1n) is 10.1. The molecule has 9 nitrogen and oxygen atoms in total. The second kappa shape index (κ2) is 9.06. The van der Waals surface area contributed by atoms with Crippen molar-refractivity contribution in [1.29, 1.82) is 0 Å². The van der Waals surface area contributed by atoms with Gasteiger partial charge in [-0.25, -0.2) is 4.98 Å². The first-order valence-corrected chi connectivity index (χ1v) is 10.1. The Bertz CT molecular complexity index is 917. The lowest BCUT2D eigenvalue weighted by Crippen LogP contribution is -2.45. The van der Waals surface area contributed by atoms with Crippen LogP contribution in [0.4, 0.5) is 5.69 Å². The maximum atomic E-state index is 12.9. The number of hydrogen-bond donors (Lipinski definition) is 1. The molecular formula is C21H27N5O4. The highest BCUT2D eigenvalue weighted by Gasteiger charge is 2.29. The molecule has 2 amide bonds. The van der Waals surface area contributed by atoms with Gasteiger partial charge in [-0.2, -0.15) is 0 Å². The van der Waals surface area contributed by atoms with Gasteiger partial charge in [-0.3, -0.25) is 19.7 Å². The Morgan fingerprint density at radius 2 is 1.93 bits per heavy atom. The summed E-state index contributed by atoms with van der Waals surface area (Å²) < 4.78 is 1.54. The number of nitrogens with one attached hydrogen (secondary N) is 1. The van der Waals surface area contributed by atoms with Gasteiger partial charge in [0.2, 0.25) is 5.91 Å². The van der Waals surface area contributed by atoms with Crippen molar-refractivity contribution in [2.24, 2.45) is 11.8 Å². The van der Waals surface area contributed by atoms with Crippen molar-refractivity contribution >= 4 is 17.5 Å². The smallest absolute Gasteiger partial charge is 0.294 e. The summed E-state index contributed by atoms with van der Waals surface area (Å²) in [6, 6.07) is 4.56. The molecular weight excluding hydrogens is 386 g/mol. The number of hydrogen-bond acceptors (Lipinski definition) is 5. The number of amides is 2. The third-order valence-electron chi connectivity index (χ3n) is 5.72. The molecule has 1 aromatic carbocycles. The topological polar surface area (TPSA) is 110 Å². The number of imidazole rings is 1. The van der Waals surface area contributed by atoms with Crippen LogP contribution in [0.5, 0.6) is 0 Å². The monoisotopic (exact) mass is 413 g/mol. The summed E-state index contributed by atoms with van der Waals surface area (Å²) >= 11 is 0. The minimum Gasteiger partial charge on any atom is -0.353 e. The SMILES string of the molecule is CC(C)C(C)NC(=O)C1CCN(C(=O)c2ccc(-n3ccnc3)c([N+](=O)[O-])c2)CC1. The van der Waals surface area contributed by atoms with Gasteiger partial charge >= 0.3 is 0 Å². The molecule has 3 rings (SSSR count). The van der Waals surface area contributed by atoms with Crippen LogP contribution >= 0.6 is 0 Å². The van der Waals surface area contributed by atoms with Crippen LogP contribution in [-0.2, 0) is 4.79 Å². The quantitative estimate of drug-likeness (QED) is 0.578. The number of likely N-dealkylation sites (tertiary alicyclic amines) is 1. The van der Waals surface area contributed by atoms with Gasteiger partial charge in [-0.1, -0.05) is 13.8 Å². The minimum absolute atomic E-state index is 0.0311. The number of nitro groups is 1. The predicted octanol–water partition coefficient (Wildman–Crippen LogP) is 2.79. The van der Waals surface area contributed by atoms with E-state index in [0.29, 0.717) is 37.5 Å². The lowest BCUT2D eigenvalue weighted by molar-refractivity contribution is -0.384. The lowest BCUT2D eigenvalue weighted by atomic mass is 9.94. The molecule has 1 unspecified atom stereocenters. The number of aromatic nitrogens is 2. The van der Waals surface area contributed by atoms with E-state index in [1.807, 2.05) is 6.92 Å². The largest absolute Gasteiger partial charge is 0.353 e. The van der Waals surface area contributed by atoms with Crippen molar-refractivity contribution in [2.75, 3.05) is 13.1 Å². The fourth-order valence-corrected chi connectivity index (χ4v) is 3.46. The fourth-order valence-electron chi connectivity index (χ4n) is 3.46. The molecule has 0 saturated carbocycles. The third kappa shape index (κ3) is 4.67. The summed E-state index contributed by atoms with van der Waals surface area (Å²) in [5.74, 6) is 0.0122. The molecule has 9 heteroatoms. The molecule has 1 aromatic heterocycles. The van der Waals surface area contributed by atoms with Gasteiger partial charge in [-0.05, 0) is 37.8 Å². The van der Waals surface area contributed by atoms with E-state index in [1.54, 1.807) is 23.2 Å². The van der Waals surface area contributed by atoms with Gasteiger partial charge in [-0.15, -0.1) is 0 Å². The summed E-state index contributed by atoms with van der Waals surface area (Å²) in [6.07, 6.45) is 5.78. The highest BCUT2D eigenvalue weighted by atomic mass is 16.6. The zero-order valence-electron chi connectivity index (χ0n) is 17.4. The Hall–Kier alpha value is -3.23. The van der Waals surface area contributed by atoms with Crippen LogP contribution in [-0.4, -0.2) is 50.3 Å². The number of carbonyl (C=O) groups excluding carboxylic acids is 2. The first-order chi connectivity index (χ1) is 14.3. The normalized spacial score (nSPS) is 15.8. The van der Waals surface area contributed by atoms with E-state index < -0.39 is 4.92 Å². The summed E-state index contributed by atoms with van der Waals surface area (Å²) in [7, 11) is 0. The van der Waals surface area contributed by atoms with Crippen LogP contribution < -0.4 is 5.32 Å². The van der Waals surface area contributed by atoms with Gasteiger partial charge in [0.25, 0.3) is 11.6 Å². The van der Waals surface area contributed by atoms with Crippen molar-refractivity contribution in [3.63, 3.8) is 0 Å². The van der Waals surface area contributed by atoms with Crippen LogP contribution in [0.1, 0.15) is 44.0 Å². The van der Waals surface area contributed by atoms with Gasteiger partial charge in [0, 0.05) is 49.1 Å². The number of nitro benzene ring substituents is 1. The maximum absolute atomic E-state index is 12.9. The molecule has 1 aliphatic rings. The first kappa shape index (κ1) is 21.5. The molecule has 0 radical (unpaired) electrons. The second-order valence-corrected chi connectivity index (χ2v) is 8.04. The average Bonchev–Trinajstić information content (AvgIpc) is 3.27. The van der Waals surface area contributed by atoms with Crippen molar-refractivity contribution in [3.05, 3.63) is 52.6 Å². The maximum Gasteiger partial charge on any atom is 0.294 e. The molecule has 2 aromatic rings. The Morgan fingerprint density at radius 3 is 2.50 bits per heavy atom. The molecule has 1 aliphatic heterocycles. The summed E-state index contributed by atoms with van der Waals surface area (Å²) in [5, 5.41) is 14.6. The fraction of sp³-hybridized carbons (Fsp3) is 0.476. The Kier molecular flexibility index (Phi) is 6.49. The van der Waals surface area contributed by atoms with Crippen molar-refractivity contribution in [2.45, 2.75) is 39.7 Å². The van der Waals surface area contributed by atoms with E-state index in [9.17, 15) is 19.7 Å². The molecule has 1 saturated heterocycles.